The third-order valence-corrected chi connectivity index (χ3v) is 7.60. The number of methoxy groups -OCH3 is 1. The van der Waals surface area contributed by atoms with Crippen molar-refractivity contribution in [3.05, 3.63) is 64.6 Å². The number of halogens is 5. The number of ether oxygens (including phenoxy) is 1. The second-order valence-electron chi connectivity index (χ2n) is 9.58. The van der Waals surface area contributed by atoms with Gasteiger partial charge in [-0.3, -0.25) is 4.98 Å². The second kappa shape index (κ2) is 11.8. The number of aromatic nitrogens is 1. The zero-order chi connectivity index (χ0) is 26.6. The summed E-state index contributed by atoms with van der Waals surface area (Å²) >= 11 is 6.35. The molecule has 37 heavy (non-hydrogen) atoms. The SMILES string of the molecule is COc1ccc2ncc(Cl)c(C(F)CCC3(CO)CCN(CCNc4cc(F)cc(F)c4F)CC3)c2c1. The van der Waals surface area contributed by atoms with Crippen molar-refractivity contribution < 1.29 is 27.4 Å². The first-order chi connectivity index (χ1) is 17.7. The largest absolute Gasteiger partial charge is 0.497 e. The van der Waals surface area contributed by atoms with Gasteiger partial charge in [0.15, 0.2) is 11.6 Å². The van der Waals surface area contributed by atoms with E-state index in [0.29, 0.717) is 73.7 Å². The van der Waals surface area contributed by atoms with Gasteiger partial charge in [-0.25, -0.2) is 17.6 Å². The highest BCUT2D eigenvalue weighted by atomic mass is 35.5. The van der Waals surface area contributed by atoms with Crippen molar-refractivity contribution in [3.8, 4) is 5.75 Å². The minimum Gasteiger partial charge on any atom is -0.497 e. The molecule has 1 saturated heterocycles. The van der Waals surface area contributed by atoms with Crippen LogP contribution in [0.2, 0.25) is 5.02 Å². The number of anilines is 1. The lowest BCUT2D eigenvalue weighted by atomic mass is 9.74. The Bertz CT molecular complexity index is 1240. The summed E-state index contributed by atoms with van der Waals surface area (Å²) in [5.74, 6) is -2.61. The van der Waals surface area contributed by atoms with Crippen LogP contribution in [-0.2, 0) is 0 Å². The summed E-state index contributed by atoms with van der Waals surface area (Å²) in [6.45, 7) is 2.10. The predicted molar refractivity (Wildman–Crippen MR) is 136 cm³/mol. The molecular weight excluding hydrogens is 510 g/mol. The first-order valence-electron chi connectivity index (χ1n) is 12.2. The quantitative estimate of drug-likeness (QED) is 0.234. The number of rotatable bonds is 10. The summed E-state index contributed by atoms with van der Waals surface area (Å²) in [5.41, 5.74) is 0.373. The summed E-state index contributed by atoms with van der Waals surface area (Å²) in [6, 6.07) is 6.68. The maximum Gasteiger partial charge on any atom is 0.182 e. The van der Waals surface area contributed by atoms with E-state index in [4.69, 9.17) is 16.3 Å². The summed E-state index contributed by atoms with van der Waals surface area (Å²) in [7, 11) is 1.54. The average Bonchev–Trinajstić information content (AvgIpc) is 2.90. The highest BCUT2D eigenvalue weighted by Crippen LogP contribution is 2.41. The molecule has 2 aromatic carbocycles. The number of pyridine rings is 1. The maximum absolute atomic E-state index is 15.6. The monoisotopic (exact) mass is 539 g/mol. The molecule has 2 heterocycles. The number of alkyl halides is 1. The average molecular weight is 540 g/mol. The number of nitrogens with zero attached hydrogens (tertiary/aromatic N) is 2. The number of nitrogens with one attached hydrogen (secondary N) is 1. The van der Waals surface area contributed by atoms with Crippen molar-refractivity contribution in [2.75, 3.05) is 45.2 Å². The smallest absolute Gasteiger partial charge is 0.182 e. The van der Waals surface area contributed by atoms with Crippen LogP contribution in [0, 0.1) is 22.9 Å². The number of fused-ring (bicyclic) bond motifs is 1. The van der Waals surface area contributed by atoms with Crippen molar-refractivity contribution >= 4 is 28.2 Å². The van der Waals surface area contributed by atoms with Crippen molar-refractivity contribution in [1.82, 2.24) is 9.88 Å². The minimum absolute atomic E-state index is 0.0573. The van der Waals surface area contributed by atoms with Crippen LogP contribution in [0.15, 0.2) is 36.5 Å². The molecule has 200 valence electrons. The Morgan fingerprint density at radius 1 is 1.19 bits per heavy atom. The third-order valence-electron chi connectivity index (χ3n) is 7.30. The lowest BCUT2D eigenvalue weighted by Crippen LogP contribution is -2.43. The molecule has 4 rings (SSSR count). The van der Waals surface area contributed by atoms with Crippen LogP contribution < -0.4 is 10.1 Å². The molecule has 1 aliphatic rings. The van der Waals surface area contributed by atoms with E-state index in [0.717, 1.165) is 6.07 Å². The Hall–Kier alpha value is -2.62. The van der Waals surface area contributed by atoms with E-state index < -0.39 is 29.0 Å². The maximum atomic E-state index is 15.6. The molecule has 3 aromatic rings. The van der Waals surface area contributed by atoms with Crippen molar-refractivity contribution in [1.29, 1.82) is 0 Å². The predicted octanol–water partition coefficient (Wildman–Crippen LogP) is 6.29. The molecule has 0 amide bonds. The van der Waals surface area contributed by atoms with Crippen molar-refractivity contribution in [2.45, 2.75) is 31.9 Å². The molecule has 0 saturated carbocycles. The van der Waals surface area contributed by atoms with Gasteiger partial charge in [0, 0.05) is 49.0 Å². The lowest BCUT2D eigenvalue weighted by molar-refractivity contribution is 0.0315. The number of aliphatic hydroxyl groups is 1. The van der Waals surface area contributed by atoms with E-state index in [1.54, 1.807) is 25.3 Å². The van der Waals surface area contributed by atoms with Crippen LogP contribution in [0.25, 0.3) is 10.9 Å². The Morgan fingerprint density at radius 2 is 1.95 bits per heavy atom. The zero-order valence-electron chi connectivity index (χ0n) is 20.5. The fraction of sp³-hybridized carbons (Fsp3) is 0.444. The highest BCUT2D eigenvalue weighted by molar-refractivity contribution is 6.32. The second-order valence-corrected chi connectivity index (χ2v) is 9.99. The minimum atomic E-state index is -1.34. The molecule has 0 bridgehead atoms. The number of aliphatic hydroxyl groups excluding tert-OH is 1. The van der Waals surface area contributed by atoms with E-state index in [2.05, 4.69) is 15.2 Å². The van der Waals surface area contributed by atoms with Gasteiger partial charge in [0.05, 0.1) is 23.3 Å². The van der Waals surface area contributed by atoms with Gasteiger partial charge in [0.1, 0.15) is 17.7 Å². The van der Waals surface area contributed by atoms with Gasteiger partial charge in [-0.1, -0.05) is 11.6 Å². The van der Waals surface area contributed by atoms with Crippen LogP contribution in [0.1, 0.15) is 37.4 Å². The lowest BCUT2D eigenvalue weighted by Gasteiger charge is -2.41. The van der Waals surface area contributed by atoms with Gasteiger partial charge in [-0.15, -0.1) is 0 Å². The molecule has 0 radical (unpaired) electrons. The molecule has 1 unspecified atom stereocenters. The van der Waals surface area contributed by atoms with Gasteiger partial charge in [0.2, 0.25) is 0 Å². The Labute approximate surface area is 218 Å². The van der Waals surface area contributed by atoms with Crippen LogP contribution >= 0.6 is 11.6 Å². The topological polar surface area (TPSA) is 57.6 Å². The normalized spacial score (nSPS) is 16.6. The molecule has 2 N–H and O–H groups in total. The molecule has 1 atom stereocenters. The molecule has 5 nitrogen and oxygen atoms in total. The van der Waals surface area contributed by atoms with E-state index in [9.17, 15) is 18.3 Å². The molecule has 1 fully saturated rings. The van der Waals surface area contributed by atoms with Crippen molar-refractivity contribution in [3.63, 3.8) is 0 Å². The first kappa shape index (κ1) is 27.4. The third kappa shape index (κ3) is 6.27. The van der Waals surface area contributed by atoms with Gasteiger partial charge in [-0.2, -0.15) is 0 Å². The van der Waals surface area contributed by atoms with Crippen molar-refractivity contribution in [2.24, 2.45) is 5.41 Å². The van der Waals surface area contributed by atoms with Crippen LogP contribution in [-0.4, -0.2) is 54.9 Å². The Balaban J connectivity index is 1.33. The van der Waals surface area contributed by atoms with E-state index in [-0.39, 0.29) is 23.7 Å². The molecular formula is C27H30ClF4N3O2. The van der Waals surface area contributed by atoms with E-state index in [1.165, 1.54) is 6.20 Å². The summed E-state index contributed by atoms with van der Waals surface area (Å²) in [4.78, 5) is 6.41. The van der Waals surface area contributed by atoms with E-state index >= 15 is 4.39 Å². The molecule has 10 heteroatoms. The Kier molecular flexibility index (Phi) is 8.77. The van der Waals surface area contributed by atoms with Crippen LogP contribution in [0.3, 0.4) is 0 Å². The van der Waals surface area contributed by atoms with Gasteiger partial charge in [0.25, 0.3) is 0 Å². The van der Waals surface area contributed by atoms with Crippen LogP contribution in [0.4, 0.5) is 23.2 Å². The van der Waals surface area contributed by atoms with Crippen LogP contribution in [0.5, 0.6) is 5.75 Å². The fourth-order valence-electron chi connectivity index (χ4n) is 4.96. The summed E-state index contributed by atoms with van der Waals surface area (Å²) in [6.07, 6.45) is 2.13. The van der Waals surface area contributed by atoms with E-state index in [1.807, 2.05) is 0 Å². The summed E-state index contributed by atoms with van der Waals surface area (Å²) < 4.78 is 61.4. The molecule has 0 spiro atoms. The van der Waals surface area contributed by atoms with Gasteiger partial charge in [-0.05, 0) is 62.4 Å². The summed E-state index contributed by atoms with van der Waals surface area (Å²) in [5, 5.41) is 13.8. The number of likely N-dealkylation sites (tertiary alicyclic amines) is 1. The fourth-order valence-corrected chi connectivity index (χ4v) is 5.23. The number of benzene rings is 2. The first-order valence-corrected chi connectivity index (χ1v) is 12.6. The van der Waals surface area contributed by atoms with Gasteiger partial charge >= 0.3 is 0 Å². The zero-order valence-corrected chi connectivity index (χ0v) is 21.3. The standard InChI is InChI=1S/C27H30ClF4N3O2/c1-37-18-2-3-23-19(14-18)25(20(28)15-34-23)21(30)4-5-27(16-36)6-9-35(10-7-27)11-8-33-24-13-17(29)12-22(31)26(24)32/h2-3,12-15,21,33,36H,4-11,16H2,1H3. The molecule has 1 aromatic heterocycles. The van der Waals surface area contributed by atoms with Gasteiger partial charge < -0.3 is 20.1 Å². The highest BCUT2D eigenvalue weighted by Gasteiger charge is 2.35. The number of hydrogen-bond donors (Lipinski definition) is 2. The molecule has 0 aliphatic carbocycles. The number of hydrogen-bond acceptors (Lipinski definition) is 5. The number of piperidine rings is 1. The molecule has 1 aliphatic heterocycles. The Morgan fingerprint density at radius 3 is 2.65 bits per heavy atom.